The fraction of sp³-hybridized carbons (Fsp3) is 0.261. The molecule has 0 spiro atoms. The molecular formula is C23H22N2O5S2. The lowest BCUT2D eigenvalue weighted by molar-refractivity contribution is -0.122. The second kappa shape index (κ2) is 10.1. The second-order valence-electron chi connectivity index (χ2n) is 7.36. The van der Waals surface area contributed by atoms with Gasteiger partial charge in [0.05, 0.1) is 4.91 Å². The molecule has 32 heavy (non-hydrogen) atoms. The number of thiocarbonyl (C=S) groups is 1. The minimum Gasteiger partial charge on any atom is -0.508 e. The first-order chi connectivity index (χ1) is 15.5. The Kier molecular flexibility index (Phi) is 6.96. The van der Waals surface area contributed by atoms with E-state index in [9.17, 15) is 14.7 Å². The van der Waals surface area contributed by atoms with Gasteiger partial charge >= 0.3 is 0 Å². The van der Waals surface area contributed by atoms with E-state index in [1.165, 1.54) is 17.8 Å². The number of aromatic hydroxyl groups is 1. The number of nitrogens with one attached hydrogen (secondary N) is 1. The summed E-state index contributed by atoms with van der Waals surface area (Å²) in [6.07, 6.45) is 4.44. The van der Waals surface area contributed by atoms with E-state index in [0.717, 1.165) is 18.4 Å². The van der Waals surface area contributed by atoms with Gasteiger partial charge in [-0.15, -0.1) is 0 Å². The fourth-order valence-corrected chi connectivity index (χ4v) is 4.70. The van der Waals surface area contributed by atoms with Gasteiger partial charge in [0.2, 0.25) is 12.7 Å². The predicted octanol–water partition coefficient (Wildman–Crippen LogP) is 4.52. The van der Waals surface area contributed by atoms with Crippen molar-refractivity contribution in [3.8, 4) is 17.2 Å². The summed E-state index contributed by atoms with van der Waals surface area (Å²) in [5.41, 5.74) is 1.43. The number of fused-ring (bicyclic) bond motifs is 1. The van der Waals surface area contributed by atoms with Crippen LogP contribution in [-0.4, -0.2) is 39.5 Å². The Balaban J connectivity index is 1.22. The van der Waals surface area contributed by atoms with E-state index < -0.39 is 0 Å². The molecule has 0 atom stereocenters. The first-order valence-electron chi connectivity index (χ1n) is 10.2. The van der Waals surface area contributed by atoms with Gasteiger partial charge in [0.25, 0.3) is 5.91 Å². The van der Waals surface area contributed by atoms with Crippen LogP contribution in [0.2, 0.25) is 0 Å². The van der Waals surface area contributed by atoms with Gasteiger partial charge in [-0.25, -0.2) is 0 Å². The van der Waals surface area contributed by atoms with E-state index in [1.807, 2.05) is 24.3 Å². The van der Waals surface area contributed by atoms with Gasteiger partial charge in [0, 0.05) is 24.7 Å². The molecule has 0 unspecified atom stereocenters. The molecule has 1 fully saturated rings. The van der Waals surface area contributed by atoms with Crippen molar-refractivity contribution in [2.24, 2.45) is 0 Å². The number of benzene rings is 2. The Hall–Kier alpha value is -3.04. The lowest BCUT2D eigenvalue weighted by Gasteiger charge is -2.14. The number of rotatable bonds is 8. The minimum atomic E-state index is -0.104. The summed E-state index contributed by atoms with van der Waals surface area (Å²) in [6.45, 7) is 0.732. The molecule has 1 saturated heterocycles. The summed E-state index contributed by atoms with van der Waals surface area (Å²) >= 11 is 6.68. The Morgan fingerprint density at radius 3 is 2.84 bits per heavy atom. The summed E-state index contributed by atoms with van der Waals surface area (Å²) in [4.78, 5) is 27.0. The van der Waals surface area contributed by atoms with Crippen molar-refractivity contribution in [3.05, 3.63) is 52.9 Å². The number of unbranched alkanes of at least 4 members (excludes halogenated alkanes) is 2. The fourth-order valence-electron chi connectivity index (χ4n) is 3.39. The van der Waals surface area contributed by atoms with Gasteiger partial charge in [-0.3, -0.25) is 14.5 Å². The molecule has 2 aliphatic heterocycles. The second-order valence-corrected chi connectivity index (χ2v) is 9.03. The molecule has 2 heterocycles. The number of carbonyl (C=O) groups is 2. The molecular weight excluding hydrogens is 448 g/mol. The van der Waals surface area contributed by atoms with Gasteiger partial charge < -0.3 is 19.9 Å². The van der Waals surface area contributed by atoms with Crippen molar-refractivity contribution in [1.82, 2.24) is 4.90 Å². The number of anilines is 1. The standard InChI is InChI=1S/C23H22N2O5S2/c26-17-6-4-5-16(13-17)24-21(27)7-2-1-3-10-25-22(28)20(32-23(25)31)12-15-8-9-18-19(11-15)30-14-29-18/h4-6,8-9,11-13,26H,1-3,7,10,14H2,(H,24,27)/b20-12-. The lowest BCUT2D eigenvalue weighted by atomic mass is 10.1. The van der Waals surface area contributed by atoms with E-state index in [1.54, 1.807) is 23.1 Å². The topological polar surface area (TPSA) is 88.1 Å². The molecule has 7 nitrogen and oxygen atoms in total. The monoisotopic (exact) mass is 470 g/mol. The van der Waals surface area contributed by atoms with Crippen LogP contribution in [0.4, 0.5) is 5.69 Å². The quantitative estimate of drug-likeness (QED) is 0.333. The van der Waals surface area contributed by atoms with Gasteiger partial charge in [0.15, 0.2) is 11.5 Å². The SMILES string of the molecule is O=C(CCCCCN1C(=O)/C(=C/c2ccc3c(c2)OCO3)SC1=S)Nc1cccc(O)c1. The number of amides is 2. The Labute approximate surface area is 195 Å². The van der Waals surface area contributed by atoms with Crippen LogP contribution >= 0.6 is 24.0 Å². The van der Waals surface area contributed by atoms with E-state index in [4.69, 9.17) is 21.7 Å². The van der Waals surface area contributed by atoms with E-state index >= 15 is 0 Å². The number of thioether (sulfide) groups is 1. The summed E-state index contributed by atoms with van der Waals surface area (Å²) in [7, 11) is 0. The van der Waals surface area contributed by atoms with Crippen molar-refractivity contribution in [1.29, 1.82) is 0 Å². The summed E-state index contributed by atoms with van der Waals surface area (Å²) in [5.74, 6) is 1.28. The average molecular weight is 471 g/mol. The van der Waals surface area contributed by atoms with Crippen LogP contribution in [0, 0.1) is 0 Å². The molecule has 9 heteroatoms. The smallest absolute Gasteiger partial charge is 0.266 e. The molecule has 0 saturated carbocycles. The molecule has 0 bridgehead atoms. The number of phenols is 1. The van der Waals surface area contributed by atoms with Gasteiger partial charge in [-0.2, -0.15) is 0 Å². The number of hydrogen-bond donors (Lipinski definition) is 2. The molecule has 166 valence electrons. The third-order valence-corrected chi connectivity index (χ3v) is 6.36. The van der Waals surface area contributed by atoms with Crippen molar-refractivity contribution in [3.63, 3.8) is 0 Å². The number of phenolic OH excluding ortho intramolecular Hbond substituents is 1. The van der Waals surface area contributed by atoms with E-state index in [0.29, 0.717) is 45.8 Å². The number of carbonyl (C=O) groups excluding carboxylic acids is 2. The predicted molar refractivity (Wildman–Crippen MR) is 128 cm³/mol. The van der Waals surface area contributed by atoms with E-state index in [-0.39, 0.29) is 24.4 Å². The van der Waals surface area contributed by atoms with Crippen LogP contribution in [0.5, 0.6) is 17.2 Å². The molecule has 0 aliphatic carbocycles. The van der Waals surface area contributed by atoms with Crippen molar-refractivity contribution in [2.45, 2.75) is 25.7 Å². The third-order valence-electron chi connectivity index (χ3n) is 4.98. The van der Waals surface area contributed by atoms with Crippen molar-refractivity contribution < 1.29 is 24.2 Å². The Morgan fingerprint density at radius 1 is 1.16 bits per heavy atom. The number of hydrogen-bond acceptors (Lipinski definition) is 7. The van der Waals surface area contributed by atoms with Crippen LogP contribution < -0.4 is 14.8 Å². The summed E-state index contributed by atoms with van der Waals surface area (Å²) < 4.78 is 11.2. The van der Waals surface area contributed by atoms with Crippen molar-refractivity contribution in [2.75, 3.05) is 18.7 Å². The zero-order valence-electron chi connectivity index (χ0n) is 17.2. The van der Waals surface area contributed by atoms with E-state index in [2.05, 4.69) is 5.32 Å². The summed E-state index contributed by atoms with van der Waals surface area (Å²) in [6, 6.07) is 12.0. The van der Waals surface area contributed by atoms with Crippen LogP contribution in [0.1, 0.15) is 31.2 Å². The lowest BCUT2D eigenvalue weighted by Crippen LogP contribution is -2.29. The van der Waals surface area contributed by atoms with Gasteiger partial charge in [-0.1, -0.05) is 42.5 Å². The van der Waals surface area contributed by atoms with Crippen LogP contribution in [-0.2, 0) is 9.59 Å². The molecule has 0 radical (unpaired) electrons. The molecule has 2 N–H and O–H groups in total. The number of nitrogens with zero attached hydrogens (tertiary/aromatic N) is 1. The highest BCUT2D eigenvalue weighted by molar-refractivity contribution is 8.26. The zero-order chi connectivity index (χ0) is 22.5. The maximum absolute atomic E-state index is 12.8. The van der Waals surface area contributed by atoms with Gasteiger partial charge in [-0.05, 0) is 48.7 Å². The zero-order valence-corrected chi connectivity index (χ0v) is 18.8. The van der Waals surface area contributed by atoms with Crippen LogP contribution in [0.25, 0.3) is 6.08 Å². The largest absolute Gasteiger partial charge is 0.508 e. The minimum absolute atomic E-state index is 0.0979. The molecule has 2 aliphatic rings. The van der Waals surface area contributed by atoms with Gasteiger partial charge in [0.1, 0.15) is 10.1 Å². The molecule has 0 aromatic heterocycles. The number of ether oxygens (including phenoxy) is 2. The molecule has 2 amide bonds. The molecule has 2 aromatic rings. The normalized spacial score (nSPS) is 16.1. The average Bonchev–Trinajstić information content (AvgIpc) is 3.32. The highest BCUT2D eigenvalue weighted by Crippen LogP contribution is 2.36. The first-order valence-corrected chi connectivity index (χ1v) is 11.5. The Bertz CT molecular complexity index is 1090. The maximum atomic E-state index is 12.8. The highest BCUT2D eigenvalue weighted by atomic mass is 32.2. The first kappa shape index (κ1) is 22.2. The molecule has 2 aromatic carbocycles. The maximum Gasteiger partial charge on any atom is 0.266 e. The molecule has 4 rings (SSSR count). The highest BCUT2D eigenvalue weighted by Gasteiger charge is 2.31. The Morgan fingerprint density at radius 2 is 2.00 bits per heavy atom. The van der Waals surface area contributed by atoms with Crippen LogP contribution in [0.3, 0.4) is 0 Å². The van der Waals surface area contributed by atoms with Crippen LogP contribution in [0.15, 0.2) is 47.4 Å². The van der Waals surface area contributed by atoms with Crippen molar-refractivity contribution >= 4 is 51.9 Å². The summed E-state index contributed by atoms with van der Waals surface area (Å²) in [5, 5.41) is 12.2. The third kappa shape index (κ3) is 5.41.